The minimum absolute atomic E-state index is 0.0588. The minimum Gasteiger partial charge on any atom is -0.506 e. The van der Waals surface area contributed by atoms with Crippen molar-refractivity contribution in [3.05, 3.63) is 76.5 Å². The molecule has 0 bridgehead atoms. The molecule has 166 valence electrons. The Morgan fingerprint density at radius 3 is 2.72 bits per heavy atom. The summed E-state index contributed by atoms with van der Waals surface area (Å²) in [5.74, 6) is 1.15. The molecule has 0 aliphatic rings. The number of anilines is 1. The number of carbonyl (C=O) groups is 1. The summed E-state index contributed by atoms with van der Waals surface area (Å²) in [6.45, 7) is 6.14. The van der Waals surface area contributed by atoms with Crippen LogP contribution in [0.25, 0.3) is 17.4 Å². The van der Waals surface area contributed by atoms with Crippen LogP contribution in [0.1, 0.15) is 43.1 Å². The third kappa shape index (κ3) is 5.99. The summed E-state index contributed by atoms with van der Waals surface area (Å²) < 4.78 is 5.77. The fourth-order valence-electron chi connectivity index (χ4n) is 3.00. The smallest absolute Gasteiger partial charge is 0.250 e. The van der Waals surface area contributed by atoms with Crippen LogP contribution in [0.3, 0.4) is 0 Å². The third-order valence-electron chi connectivity index (χ3n) is 5.17. The van der Waals surface area contributed by atoms with Crippen molar-refractivity contribution in [2.45, 2.75) is 33.1 Å². The Labute approximate surface area is 198 Å². The first-order valence-electron chi connectivity index (χ1n) is 10.3. The van der Waals surface area contributed by atoms with E-state index < -0.39 is 5.91 Å². The van der Waals surface area contributed by atoms with E-state index in [1.165, 1.54) is 6.08 Å². The molecule has 1 aromatic heterocycles. The zero-order valence-electron chi connectivity index (χ0n) is 18.1. The maximum atomic E-state index is 12.2. The third-order valence-corrected chi connectivity index (χ3v) is 5.78. The molecule has 0 spiro atoms. The van der Waals surface area contributed by atoms with E-state index in [1.807, 2.05) is 43.3 Å². The lowest BCUT2D eigenvalue weighted by Gasteiger charge is -2.14. The van der Waals surface area contributed by atoms with Crippen molar-refractivity contribution in [2.75, 3.05) is 5.32 Å². The summed E-state index contributed by atoms with van der Waals surface area (Å²) in [4.78, 5) is 12.2. The van der Waals surface area contributed by atoms with Gasteiger partial charge in [-0.05, 0) is 79.0 Å². The average Bonchev–Trinajstić information content (AvgIpc) is 3.24. The summed E-state index contributed by atoms with van der Waals surface area (Å²) in [6, 6.07) is 14.6. The second kappa shape index (κ2) is 10.5. The monoisotopic (exact) mass is 468 g/mol. The number of carbonyl (C=O) groups excluding carboxylic acids is 1. The second-order valence-corrected chi connectivity index (χ2v) is 8.34. The number of aromatic hydroxyl groups is 1. The molecule has 5 nitrogen and oxygen atoms in total. The van der Waals surface area contributed by atoms with Crippen molar-refractivity contribution in [1.29, 1.82) is 0 Å². The van der Waals surface area contributed by atoms with E-state index in [0.717, 1.165) is 23.1 Å². The Morgan fingerprint density at radius 1 is 1.22 bits per heavy atom. The summed E-state index contributed by atoms with van der Waals surface area (Å²) in [5, 5.41) is 16.3. The molecule has 0 saturated heterocycles. The van der Waals surface area contributed by atoms with E-state index >= 15 is 0 Å². The lowest BCUT2D eigenvalue weighted by atomic mass is 9.98. The SMILES string of the molecule is CC[C@@H](C)c1ccc(O)c(NC(=S)NC(=O)/C=C/c2ccc(-c3ccc(C)c(Cl)c3)o2)c1. The number of thiocarbonyl (C=S) groups is 1. The first-order chi connectivity index (χ1) is 15.3. The summed E-state index contributed by atoms with van der Waals surface area (Å²) in [7, 11) is 0. The maximum Gasteiger partial charge on any atom is 0.250 e. The van der Waals surface area contributed by atoms with Crippen molar-refractivity contribution < 1.29 is 14.3 Å². The Balaban J connectivity index is 1.60. The Kier molecular flexibility index (Phi) is 7.72. The van der Waals surface area contributed by atoms with Crippen molar-refractivity contribution in [2.24, 2.45) is 0 Å². The molecule has 0 saturated carbocycles. The molecule has 3 N–H and O–H groups in total. The highest BCUT2D eigenvalue weighted by Gasteiger charge is 2.10. The normalized spacial score (nSPS) is 12.0. The number of rotatable bonds is 6. The van der Waals surface area contributed by atoms with Gasteiger partial charge in [-0.1, -0.05) is 43.6 Å². The Hall–Kier alpha value is -3.09. The van der Waals surface area contributed by atoms with Gasteiger partial charge in [-0.2, -0.15) is 0 Å². The number of benzene rings is 2. The fourth-order valence-corrected chi connectivity index (χ4v) is 3.40. The molecule has 1 amide bonds. The van der Waals surface area contributed by atoms with Crippen LogP contribution in [-0.4, -0.2) is 16.1 Å². The molecule has 1 heterocycles. The highest BCUT2D eigenvalue weighted by Crippen LogP contribution is 2.29. The summed E-state index contributed by atoms with van der Waals surface area (Å²) in [5.41, 5.74) is 3.37. The number of hydrogen-bond acceptors (Lipinski definition) is 4. The molecule has 0 unspecified atom stereocenters. The number of phenolic OH excluding ortho intramolecular Hbond substituents is 1. The maximum absolute atomic E-state index is 12.2. The molecule has 2 aromatic carbocycles. The van der Waals surface area contributed by atoms with E-state index in [9.17, 15) is 9.90 Å². The van der Waals surface area contributed by atoms with Crippen LogP contribution in [0.5, 0.6) is 5.75 Å². The highest BCUT2D eigenvalue weighted by molar-refractivity contribution is 7.80. The molecular weight excluding hydrogens is 444 g/mol. The number of furan rings is 1. The van der Waals surface area contributed by atoms with Gasteiger partial charge in [-0.25, -0.2) is 0 Å². The lowest BCUT2D eigenvalue weighted by Crippen LogP contribution is -2.32. The van der Waals surface area contributed by atoms with Crippen LogP contribution in [0.2, 0.25) is 5.02 Å². The van der Waals surface area contributed by atoms with Crippen LogP contribution in [0, 0.1) is 6.92 Å². The lowest BCUT2D eigenvalue weighted by molar-refractivity contribution is -0.115. The van der Waals surface area contributed by atoms with Gasteiger partial charge in [-0.3, -0.25) is 10.1 Å². The number of nitrogens with one attached hydrogen (secondary N) is 2. The van der Waals surface area contributed by atoms with Crippen LogP contribution in [-0.2, 0) is 4.79 Å². The van der Waals surface area contributed by atoms with Gasteiger partial charge < -0.3 is 14.8 Å². The molecule has 0 radical (unpaired) electrons. The Morgan fingerprint density at radius 2 is 2.00 bits per heavy atom. The van der Waals surface area contributed by atoms with E-state index in [4.69, 9.17) is 28.2 Å². The minimum atomic E-state index is -0.420. The number of hydrogen-bond donors (Lipinski definition) is 3. The predicted octanol–water partition coefficient (Wildman–Crippen LogP) is 6.65. The first kappa shape index (κ1) is 23.6. The van der Waals surface area contributed by atoms with Crippen LogP contribution in [0.4, 0.5) is 5.69 Å². The molecule has 7 heteroatoms. The first-order valence-corrected chi connectivity index (χ1v) is 11.0. The van der Waals surface area contributed by atoms with Gasteiger partial charge in [0.15, 0.2) is 5.11 Å². The van der Waals surface area contributed by atoms with Gasteiger partial charge in [-0.15, -0.1) is 0 Å². The topological polar surface area (TPSA) is 74.5 Å². The molecule has 32 heavy (non-hydrogen) atoms. The van der Waals surface area contributed by atoms with Gasteiger partial charge >= 0.3 is 0 Å². The van der Waals surface area contributed by atoms with Crippen molar-refractivity contribution >= 4 is 46.6 Å². The number of halogens is 1. The standard InChI is InChI=1S/C25H25ClN2O3S/c1-4-15(2)17-7-10-22(29)21(14-17)27-25(32)28-24(30)12-9-19-8-11-23(31-19)18-6-5-16(3)20(26)13-18/h5-15,29H,4H2,1-3H3,(H2,27,28,30,32)/b12-9+/t15-/m1/s1. The molecule has 0 fully saturated rings. The molecular formula is C25H25ClN2O3S. The zero-order valence-corrected chi connectivity index (χ0v) is 19.7. The van der Waals surface area contributed by atoms with E-state index in [0.29, 0.717) is 28.1 Å². The quantitative estimate of drug-likeness (QED) is 0.214. The van der Waals surface area contributed by atoms with Crippen molar-refractivity contribution in [3.8, 4) is 17.1 Å². The van der Waals surface area contributed by atoms with Crippen LogP contribution in [0.15, 0.2) is 59.0 Å². The molecule has 3 rings (SSSR count). The molecule has 0 aliphatic heterocycles. The number of amides is 1. The fraction of sp³-hybridized carbons (Fsp3) is 0.200. The van der Waals surface area contributed by atoms with Crippen molar-refractivity contribution in [1.82, 2.24) is 5.32 Å². The number of aryl methyl sites for hydroxylation is 1. The van der Waals surface area contributed by atoms with Gasteiger partial charge in [0.2, 0.25) is 5.91 Å². The zero-order chi connectivity index (χ0) is 23.3. The predicted molar refractivity (Wildman–Crippen MR) is 134 cm³/mol. The highest BCUT2D eigenvalue weighted by atomic mass is 35.5. The van der Waals surface area contributed by atoms with Gasteiger partial charge in [0.1, 0.15) is 17.3 Å². The van der Waals surface area contributed by atoms with E-state index in [2.05, 4.69) is 24.5 Å². The van der Waals surface area contributed by atoms with Crippen LogP contribution < -0.4 is 10.6 Å². The summed E-state index contributed by atoms with van der Waals surface area (Å²) >= 11 is 11.4. The van der Waals surface area contributed by atoms with Gasteiger partial charge in [0, 0.05) is 16.7 Å². The second-order valence-electron chi connectivity index (χ2n) is 7.53. The van der Waals surface area contributed by atoms with Crippen LogP contribution >= 0.6 is 23.8 Å². The van der Waals surface area contributed by atoms with E-state index in [1.54, 1.807) is 18.2 Å². The summed E-state index contributed by atoms with van der Waals surface area (Å²) in [6.07, 6.45) is 3.86. The molecule has 0 aliphatic carbocycles. The van der Waals surface area contributed by atoms with E-state index in [-0.39, 0.29) is 10.9 Å². The van der Waals surface area contributed by atoms with Gasteiger partial charge in [0.25, 0.3) is 0 Å². The Bertz CT molecular complexity index is 1170. The number of phenols is 1. The average molecular weight is 469 g/mol. The molecule has 3 aromatic rings. The van der Waals surface area contributed by atoms with Gasteiger partial charge in [0.05, 0.1) is 5.69 Å². The largest absolute Gasteiger partial charge is 0.506 e. The molecule has 1 atom stereocenters. The van der Waals surface area contributed by atoms with Crippen molar-refractivity contribution in [3.63, 3.8) is 0 Å².